The number of hydrogen-bond donors (Lipinski definition) is 2. The Hall–Kier alpha value is -2.32. The number of allylic oxidation sites excluding steroid dienone is 1. The molecule has 0 amide bonds. The molecule has 1 aliphatic rings. The van der Waals surface area contributed by atoms with Gasteiger partial charge in [0.15, 0.2) is 5.71 Å². The van der Waals surface area contributed by atoms with Gasteiger partial charge in [0, 0.05) is 22.1 Å². The molecule has 9 heteroatoms. The Bertz CT molecular complexity index is 1360. The minimum atomic E-state index is -1.17. The first kappa shape index (κ1) is 24.8. The second-order valence-corrected chi connectivity index (χ2v) is 11.8. The lowest BCUT2D eigenvalue weighted by atomic mass is 9.94. The molecule has 3 aromatic rings. The maximum Gasteiger partial charge on any atom is 0.355 e. The predicted octanol–water partition coefficient (Wildman–Crippen LogP) is 7.95. The first-order valence-electron chi connectivity index (χ1n) is 10.6. The zero-order valence-corrected chi connectivity index (χ0v) is 22.2. The van der Waals surface area contributed by atoms with Crippen LogP contribution in [-0.4, -0.2) is 21.8 Å². The van der Waals surface area contributed by atoms with Gasteiger partial charge in [-0.25, -0.2) is 14.8 Å². The summed E-state index contributed by atoms with van der Waals surface area (Å²) in [5.41, 5.74) is 11.3. The van der Waals surface area contributed by atoms with Gasteiger partial charge in [-0.3, -0.25) is 0 Å². The zero-order valence-electron chi connectivity index (χ0n) is 19.0. The van der Waals surface area contributed by atoms with Crippen molar-refractivity contribution in [3.63, 3.8) is 0 Å². The molecule has 5 nitrogen and oxygen atoms in total. The van der Waals surface area contributed by atoms with Gasteiger partial charge in [0.2, 0.25) is 5.13 Å². The molecule has 0 radical (unpaired) electrons. The monoisotopic (exact) mass is 531 g/mol. The van der Waals surface area contributed by atoms with E-state index in [0.29, 0.717) is 32.0 Å². The van der Waals surface area contributed by atoms with E-state index in [1.165, 1.54) is 11.3 Å². The molecule has 2 heterocycles. The lowest BCUT2D eigenvalue weighted by molar-refractivity contribution is -0.129. The average Bonchev–Trinajstić information content (AvgIpc) is 3.17. The number of halogens is 2. The van der Waals surface area contributed by atoms with Crippen LogP contribution in [0.5, 0.6) is 0 Å². The van der Waals surface area contributed by atoms with Gasteiger partial charge in [0.25, 0.3) is 0 Å². The molecular formula is C25H23Cl2N3O2S2. The first-order valence-corrected chi connectivity index (χ1v) is 13.1. The number of hydrogen-bond acceptors (Lipinski definition) is 6. The molecule has 4 rings (SSSR count). The Kier molecular flexibility index (Phi) is 7.10. The maximum absolute atomic E-state index is 12.3. The highest BCUT2D eigenvalue weighted by molar-refractivity contribution is 8.01. The van der Waals surface area contributed by atoms with Crippen LogP contribution < -0.4 is 5.73 Å². The van der Waals surface area contributed by atoms with Crippen molar-refractivity contribution in [3.05, 3.63) is 68.8 Å². The molecule has 1 aromatic heterocycles. The Labute approximate surface area is 216 Å². The number of thioether (sulfide) groups is 1. The Balaban J connectivity index is 1.84. The summed E-state index contributed by atoms with van der Waals surface area (Å²) < 4.78 is 0.957. The van der Waals surface area contributed by atoms with Gasteiger partial charge in [0.1, 0.15) is 0 Å². The summed E-state index contributed by atoms with van der Waals surface area (Å²) in [6, 6.07) is 11.4. The van der Waals surface area contributed by atoms with E-state index in [9.17, 15) is 9.90 Å². The molecule has 1 unspecified atom stereocenters. The Morgan fingerprint density at radius 1 is 1.21 bits per heavy atom. The summed E-state index contributed by atoms with van der Waals surface area (Å²) in [5.74, 6) is -0.881. The largest absolute Gasteiger partial charge is 0.476 e. The molecule has 3 N–H and O–H groups in total. The quantitative estimate of drug-likeness (QED) is 0.326. The number of aliphatic imine (C=N–C) groups is 1. The van der Waals surface area contributed by atoms with Crippen LogP contribution in [-0.2, 0) is 4.79 Å². The highest BCUT2D eigenvalue weighted by Crippen LogP contribution is 2.53. The van der Waals surface area contributed by atoms with Gasteiger partial charge in [-0.05, 0) is 48.6 Å². The number of nitrogens with zero attached hydrogens (tertiary/aromatic N) is 2. The summed E-state index contributed by atoms with van der Waals surface area (Å²) in [6.45, 7) is 7.94. The number of benzene rings is 2. The lowest BCUT2D eigenvalue weighted by Crippen LogP contribution is -2.18. The SMILES string of the molecule is CC(N)=C(C(=Nc1nc2c(s1)SC(C)c1cc(Cl)c(Cl)cc1-2)C(=O)O)c1cccc(C(C)C)c1. The topological polar surface area (TPSA) is 88.6 Å². The Morgan fingerprint density at radius 2 is 1.91 bits per heavy atom. The molecule has 0 spiro atoms. The molecule has 176 valence electrons. The fourth-order valence-corrected chi connectivity index (χ4v) is 6.62. The van der Waals surface area contributed by atoms with E-state index >= 15 is 0 Å². The number of carboxylic acids is 1. The number of nitrogens with two attached hydrogens (primary N) is 1. The molecule has 34 heavy (non-hydrogen) atoms. The highest BCUT2D eigenvalue weighted by Gasteiger charge is 2.28. The number of rotatable bonds is 5. The van der Waals surface area contributed by atoms with Crippen molar-refractivity contribution in [1.29, 1.82) is 0 Å². The number of aromatic nitrogens is 1. The van der Waals surface area contributed by atoms with Crippen LogP contribution >= 0.6 is 46.3 Å². The number of carboxylic acid groups (broad SMARTS) is 1. The minimum absolute atomic E-state index is 0.139. The second-order valence-electron chi connectivity index (χ2n) is 8.35. The number of thiazole rings is 1. The molecule has 0 saturated heterocycles. The predicted molar refractivity (Wildman–Crippen MR) is 144 cm³/mol. The fraction of sp³-hybridized carbons (Fsp3) is 0.240. The maximum atomic E-state index is 12.3. The van der Waals surface area contributed by atoms with Crippen LogP contribution in [0.15, 0.2) is 51.3 Å². The van der Waals surface area contributed by atoms with Gasteiger partial charge < -0.3 is 10.8 Å². The molecule has 1 aliphatic heterocycles. The van der Waals surface area contributed by atoms with Crippen molar-refractivity contribution in [2.24, 2.45) is 10.7 Å². The molecule has 2 aromatic carbocycles. The zero-order chi connectivity index (χ0) is 24.7. The van der Waals surface area contributed by atoms with Crippen molar-refractivity contribution in [2.75, 3.05) is 0 Å². The van der Waals surface area contributed by atoms with Gasteiger partial charge in [-0.2, -0.15) is 0 Å². The smallest absolute Gasteiger partial charge is 0.355 e. The van der Waals surface area contributed by atoms with Gasteiger partial charge >= 0.3 is 5.97 Å². The van der Waals surface area contributed by atoms with Crippen LogP contribution in [0.4, 0.5) is 5.13 Å². The molecule has 0 saturated carbocycles. The van der Waals surface area contributed by atoms with Gasteiger partial charge in [-0.15, -0.1) is 11.8 Å². The van der Waals surface area contributed by atoms with Gasteiger partial charge in [-0.1, -0.05) is 72.7 Å². The molecule has 1 atom stereocenters. The van der Waals surface area contributed by atoms with Crippen LogP contribution in [0.2, 0.25) is 10.0 Å². The van der Waals surface area contributed by atoms with E-state index in [1.54, 1.807) is 18.7 Å². The normalized spacial score (nSPS) is 16.2. The standard InChI is InChI=1S/C25H23Cl2N3O2S2/c1-11(2)14-6-5-7-15(8-14)20(12(3)28)22(23(31)32)30-25-29-21-17-10-19(27)18(26)9-16(17)13(4)33-24(21)34-25/h5-11,13H,28H2,1-4H3,(H,31,32). The van der Waals surface area contributed by atoms with Crippen molar-refractivity contribution < 1.29 is 9.90 Å². The third-order valence-corrected chi connectivity index (χ3v) is 8.56. The lowest BCUT2D eigenvalue weighted by Gasteiger charge is -2.21. The first-order chi connectivity index (χ1) is 16.1. The molecular weight excluding hydrogens is 509 g/mol. The van der Waals surface area contributed by atoms with Gasteiger partial charge in [0.05, 0.1) is 19.9 Å². The van der Waals surface area contributed by atoms with Crippen molar-refractivity contribution >= 4 is 68.7 Å². The molecule has 0 bridgehead atoms. The van der Waals surface area contributed by atoms with E-state index in [-0.39, 0.29) is 16.9 Å². The van der Waals surface area contributed by atoms with Crippen LogP contribution in [0, 0.1) is 0 Å². The fourth-order valence-electron chi connectivity index (χ4n) is 3.83. The molecule has 0 aliphatic carbocycles. The van der Waals surface area contributed by atoms with Crippen LogP contribution in [0.1, 0.15) is 55.6 Å². The van der Waals surface area contributed by atoms with Crippen LogP contribution in [0.25, 0.3) is 16.8 Å². The van der Waals surface area contributed by atoms with Crippen LogP contribution in [0.3, 0.4) is 0 Å². The number of carbonyl (C=O) groups is 1. The van der Waals surface area contributed by atoms with E-state index in [2.05, 4.69) is 30.7 Å². The summed E-state index contributed by atoms with van der Waals surface area (Å²) in [6.07, 6.45) is 0. The molecule has 0 fully saturated rings. The van der Waals surface area contributed by atoms with E-state index in [4.69, 9.17) is 28.9 Å². The summed E-state index contributed by atoms with van der Waals surface area (Å²) in [4.78, 5) is 21.5. The van der Waals surface area contributed by atoms with E-state index in [1.807, 2.05) is 36.4 Å². The second kappa shape index (κ2) is 9.74. The van der Waals surface area contributed by atoms with E-state index in [0.717, 1.165) is 26.6 Å². The van der Waals surface area contributed by atoms with Crippen molar-refractivity contribution in [1.82, 2.24) is 4.98 Å². The summed E-state index contributed by atoms with van der Waals surface area (Å²) in [7, 11) is 0. The highest BCUT2D eigenvalue weighted by atomic mass is 35.5. The summed E-state index contributed by atoms with van der Waals surface area (Å²) in [5, 5.41) is 11.5. The number of fused-ring (bicyclic) bond motifs is 3. The van der Waals surface area contributed by atoms with Crippen molar-refractivity contribution in [2.45, 2.75) is 43.1 Å². The number of aliphatic carboxylic acids is 1. The van der Waals surface area contributed by atoms with Crippen molar-refractivity contribution in [3.8, 4) is 11.3 Å². The minimum Gasteiger partial charge on any atom is -0.476 e. The average molecular weight is 533 g/mol. The summed E-state index contributed by atoms with van der Waals surface area (Å²) >= 11 is 15.5. The third kappa shape index (κ3) is 4.75. The van der Waals surface area contributed by atoms with E-state index < -0.39 is 5.97 Å². The third-order valence-electron chi connectivity index (χ3n) is 5.54. The Morgan fingerprint density at radius 3 is 2.56 bits per heavy atom.